The van der Waals surface area contributed by atoms with Crippen molar-refractivity contribution < 1.29 is 14.6 Å². The van der Waals surface area contributed by atoms with Gasteiger partial charge in [-0.25, -0.2) is 0 Å². The Morgan fingerprint density at radius 1 is 1.75 bits per heavy atom. The molecule has 0 fully saturated rings. The van der Waals surface area contributed by atoms with Crippen LogP contribution in [0.5, 0.6) is 0 Å². The van der Waals surface area contributed by atoms with Crippen molar-refractivity contribution in [2.45, 2.75) is 0 Å². The number of hydrogen-bond donors (Lipinski definition) is 1. The Balaban J connectivity index is 0.000000222. The molecule has 0 atom stereocenters. The first-order valence-electron chi connectivity index (χ1n) is 2.15. The largest absolute Gasteiger partial charge is 0.493 e. The lowest BCUT2D eigenvalue weighted by Crippen LogP contribution is -1.91. The SMILES string of the molecule is CO.O=C1C=COC1. The van der Waals surface area contributed by atoms with Crippen LogP contribution in [-0.2, 0) is 9.53 Å². The smallest absolute Gasteiger partial charge is 0.196 e. The minimum atomic E-state index is 0.0509. The zero-order valence-electron chi connectivity index (χ0n) is 4.63. The van der Waals surface area contributed by atoms with Crippen molar-refractivity contribution in [2.75, 3.05) is 13.7 Å². The molecule has 0 aromatic heterocycles. The predicted molar refractivity (Wildman–Crippen MR) is 28.2 cm³/mol. The third-order valence-corrected chi connectivity index (χ3v) is 0.576. The fourth-order valence-electron chi connectivity index (χ4n) is 0.302. The third-order valence-electron chi connectivity index (χ3n) is 0.576. The summed E-state index contributed by atoms with van der Waals surface area (Å²) >= 11 is 0. The van der Waals surface area contributed by atoms with Gasteiger partial charge in [-0.15, -0.1) is 0 Å². The van der Waals surface area contributed by atoms with Crippen LogP contribution < -0.4 is 0 Å². The summed E-state index contributed by atoms with van der Waals surface area (Å²) in [6.45, 7) is 0.236. The van der Waals surface area contributed by atoms with Crippen LogP contribution in [0.3, 0.4) is 0 Å². The molecule has 3 nitrogen and oxygen atoms in total. The van der Waals surface area contributed by atoms with Crippen LogP contribution in [0.25, 0.3) is 0 Å². The Bertz CT molecular complexity index is 95.8. The Morgan fingerprint density at radius 3 is 2.50 bits per heavy atom. The van der Waals surface area contributed by atoms with Crippen molar-refractivity contribution in [3.8, 4) is 0 Å². The van der Waals surface area contributed by atoms with Gasteiger partial charge in [-0.2, -0.15) is 0 Å². The third kappa shape index (κ3) is 2.36. The van der Waals surface area contributed by atoms with Crippen molar-refractivity contribution in [2.24, 2.45) is 0 Å². The van der Waals surface area contributed by atoms with Gasteiger partial charge in [0, 0.05) is 13.2 Å². The first kappa shape index (κ1) is 7.17. The molecule has 3 heteroatoms. The number of aliphatic hydroxyl groups is 1. The molecule has 8 heavy (non-hydrogen) atoms. The standard InChI is InChI=1S/C4H4O2.CH4O/c5-4-1-2-6-3-4;1-2/h1-2H,3H2;2H,1H3. The molecule has 0 aliphatic carbocycles. The summed E-state index contributed by atoms with van der Waals surface area (Å²) in [5, 5.41) is 7.00. The van der Waals surface area contributed by atoms with Gasteiger partial charge in [-0.05, 0) is 0 Å². The van der Waals surface area contributed by atoms with Crippen LogP contribution in [0.4, 0.5) is 0 Å². The fraction of sp³-hybridized carbons (Fsp3) is 0.400. The number of rotatable bonds is 0. The molecule has 1 heterocycles. The second-order valence-corrected chi connectivity index (χ2v) is 1.08. The average Bonchev–Trinajstić information content (AvgIpc) is 2.24. The van der Waals surface area contributed by atoms with E-state index in [1.54, 1.807) is 0 Å². The molecule has 1 aliphatic heterocycles. The lowest BCUT2D eigenvalue weighted by atomic mass is 10.5. The zero-order valence-corrected chi connectivity index (χ0v) is 4.63. The van der Waals surface area contributed by atoms with Gasteiger partial charge in [0.1, 0.15) is 6.61 Å². The van der Waals surface area contributed by atoms with Gasteiger partial charge in [-0.3, -0.25) is 4.79 Å². The van der Waals surface area contributed by atoms with E-state index in [1.165, 1.54) is 12.3 Å². The molecule has 0 saturated heterocycles. The van der Waals surface area contributed by atoms with E-state index in [-0.39, 0.29) is 12.4 Å². The van der Waals surface area contributed by atoms with E-state index in [1.807, 2.05) is 0 Å². The van der Waals surface area contributed by atoms with Gasteiger partial charge < -0.3 is 9.84 Å². The van der Waals surface area contributed by atoms with Gasteiger partial charge in [0.2, 0.25) is 0 Å². The molecule has 0 radical (unpaired) electrons. The Kier molecular flexibility index (Phi) is 3.88. The first-order valence-corrected chi connectivity index (χ1v) is 2.15. The molecule has 0 saturated carbocycles. The quantitative estimate of drug-likeness (QED) is 0.473. The molecule has 1 N–H and O–H groups in total. The number of aliphatic hydroxyl groups excluding tert-OH is 1. The summed E-state index contributed by atoms with van der Waals surface area (Å²) in [5.74, 6) is 0.0509. The van der Waals surface area contributed by atoms with Crippen LogP contribution in [0.15, 0.2) is 12.3 Å². The molecule has 1 aliphatic rings. The number of ether oxygens (including phenoxy) is 1. The summed E-state index contributed by atoms with van der Waals surface area (Å²) < 4.78 is 4.53. The highest BCUT2D eigenvalue weighted by Crippen LogP contribution is 1.89. The summed E-state index contributed by atoms with van der Waals surface area (Å²) in [6.07, 6.45) is 2.82. The minimum Gasteiger partial charge on any atom is -0.493 e. The molecule has 0 aromatic carbocycles. The van der Waals surface area contributed by atoms with Crippen LogP contribution >= 0.6 is 0 Å². The molecule has 0 amide bonds. The normalized spacial score (nSPS) is 14.5. The molecule has 0 aromatic rings. The maximum absolute atomic E-state index is 10.0. The van der Waals surface area contributed by atoms with Crippen LogP contribution in [0, 0.1) is 0 Å². The molecule has 0 unspecified atom stereocenters. The topological polar surface area (TPSA) is 46.5 Å². The van der Waals surface area contributed by atoms with E-state index in [0.717, 1.165) is 7.11 Å². The van der Waals surface area contributed by atoms with Gasteiger partial charge in [0.15, 0.2) is 5.78 Å². The molecular weight excluding hydrogens is 108 g/mol. The second-order valence-electron chi connectivity index (χ2n) is 1.08. The number of hydrogen-bond acceptors (Lipinski definition) is 3. The average molecular weight is 116 g/mol. The van der Waals surface area contributed by atoms with Gasteiger partial charge in [0.25, 0.3) is 0 Å². The molecule has 46 valence electrons. The molecular formula is C5H8O3. The first-order chi connectivity index (χ1) is 3.89. The van der Waals surface area contributed by atoms with Crippen LogP contribution in [0.2, 0.25) is 0 Å². The summed E-state index contributed by atoms with van der Waals surface area (Å²) in [5.41, 5.74) is 0. The van der Waals surface area contributed by atoms with E-state index < -0.39 is 0 Å². The van der Waals surface area contributed by atoms with Crippen LogP contribution in [0.1, 0.15) is 0 Å². The van der Waals surface area contributed by atoms with E-state index in [4.69, 9.17) is 5.11 Å². The second kappa shape index (κ2) is 4.33. The van der Waals surface area contributed by atoms with E-state index in [2.05, 4.69) is 4.74 Å². The summed E-state index contributed by atoms with van der Waals surface area (Å²) in [6, 6.07) is 0. The van der Waals surface area contributed by atoms with Gasteiger partial charge >= 0.3 is 0 Å². The monoisotopic (exact) mass is 116 g/mol. The summed E-state index contributed by atoms with van der Waals surface area (Å²) in [7, 11) is 1.00. The fourth-order valence-corrected chi connectivity index (χ4v) is 0.302. The molecule has 0 spiro atoms. The minimum absolute atomic E-state index is 0.0509. The lowest BCUT2D eigenvalue weighted by Gasteiger charge is -1.79. The lowest BCUT2D eigenvalue weighted by molar-refractivity contribution is -0.115. The Hall–Kier alpha value is -0.830. The van der Waals surface area contributed by atoms with Gasteiger partial charge in [0.05, 0.1) is 6.26 Å². The number of carbonyl (C=O) groups excluding carboxylic acids is 1. The van der Waals surface area contributed by atoms with Crippen molar-refractivity contribution in [1.29, 1.82) is 0 Å². The predicted octanol–water partition coefficient (Wildman–Crippen LogP) is -0.292. The van der Waals surface area contributed by atoms with Crippen LogP contribution in [-0.4, -0.2) is 24.6 Å². The Morgan fingerprint density at radius 2 is 2.38 bits per heavy atom. The zero-order chi connectivity index (χ0) is 6.41. The van der Waals surface area contributed by atoms with Crippen molar-refractivity contribution in [1.82, 2.24) is 0 Å². The van der Waals surface area contributed by atoms with Crippen molar-refractivity contribution in [3.05, 3.63) is 12.3 Å². The van der Waals surface area contributed by atoms with Gasteiger partial charge in [-0.1, -0.05) is 0 Å². The highest BCUT2D eigenvalue weighted by Gasteiger charge is 1.99. The number of carbonyl (C=O) groups is 1. The highest BCUT2D eigenvalue weighted by atomic mass is 16.5. The molecule has 1 rings (SSSR count). The van der Waals surface area contributed by atoms with Crippen molar-refractivity contribution in [3.63, 3.8) is 0 Å². The van der Waals surface area contributed by atoms with E-state index in [9.17, 15) is 4.79 Å². The summed E-state index contributed by atoms with van der Waals surface area (Å²) in [4.78, 5) is 10.0. The highest BCUT2D eigenvalue weighted by molar-refractivity contribution is 5.92. The molecule has 0 bridgehead atoms. The maximum atomic E-state index is 10.0. The van der Waals surface area contributed by atoms with Crippen molar-refractivity contribution >= 4 is 5.78 Å². The number of ketones is 1. The van der Waals surface area contributed by atoms with E-state index in [0.29, 0.717) is 0 Å². The van der Waals surface area contributed by atoms with E-state index >= 15 is 0 Å². The maximum Gasteiger partial charge on any atom is 0.196 e. The Labute approximate surface area is 47.6 Å².